The van der Waals surface area contributed by atoms with Crippen LogP contribution in [0.3, 0.4) is 0 Å². The molecule has 0 spiro atoms. The summed E-state index contributed by atoms with van der Waals surface area (Å²) in [4.78, 5) is 54.2. The van der Waals surface area contributed by atoms with Gasteiger partial charge in [-0.2, -0.15) is 0 Å². The maximum absolute atomic E-state index is 12.9. The Labute approximate surface area is 182 Å². The molecule has 0 unspecified atom stereocenters. The number of carboxylic acid groups (broad SMARTS) is 2. The van der Waals surface area contributed by atoms with Gasteiger partial charge in [-0.05, 0) is 24.1 Å². The number of aliphatic carboxylic acids is 2. The van der Waals surface area contributed by atoms with E-state index in [1.807, 2.05) is 0 Å². The lowest BCUT2D eigenvalue weighted by atomic mass is 10.0. The number of carbonyl (C=O) groups is 4. The first-order valence-electron chi connectivity index (χ1n) is 9.71. The average molecular weight is 447 g/mol. The molecule has 8 N–H and O–H groups in total. The van der Waals surface area contributed by atoms with E-state index >= 15 is 0 Å². The number of benzene rings is 1. The number of aromatic hydroxyl groups is 1. The average Bonchev–Trinajstić information content (AvgIpc) is 3.25. The second kappa shape index (κ2) is 11.5. The van der Waals surface area contributed by atoms with Gasteiger partial charge in [0, 0.05) is 31.2 Å². The van der Waals surface area contributed by atoms with E-state index in [2.05, 4.69) is 20.6 Å². The lowest BCUT2D eigenvalue weighted by Crippen LogP contribution is -2.55. The fraction of sp³-hybridized carbons (Fsp3) is 0.350. The molecule has 1 heterocycles. The van der Waals surface area contributed by atoms with Gasteiger partial charge < -0.3 is 36.7 Å². The van der Waals surface area contributed by atoms with E-state index in [1.54, 1.807) is 12.1 Å². The van der Waals surface area contributed by atoms with Crippen LogP contribution in [-0.4, -0.2) is 67.2 Å². The van der Waals surface area contributed by atoms with Crippen molar-refractivity contribution in [3.63, 3.8) is 0 Å². The molecule has 12 nitrogen and oxygen atoms in total. The van der Waals surface area contributed by atoms with Crippen LogP contribution < -0.4 is 16.4 Å². The fourth-order valence-corrected chi connectivity index (χ4v) is 2.85. The van der Waals surface area contributed by atoms with Gasteiger partial charge in [0.25, 0.3) is 0 Å². The number of phenols is 1. The summed E-state index contributed by atoms with van der Waals surface area (Å²) in [5, 5.41) is 32.5. The Morgan fingerprint density at radius 2 is 1.66 bits per heavy atom. The number of nitrogens with one attached hydrogen (secondary N) is 3. The number of phenolic OH excluding ortho intramolecular Hbond substituents is 1. The van der Waals surface area contributed by atoms with Crippen LogP contribution in [0.1, 0.15) is 24.1 Å². The molecule has 0 fully saturated rings. The van der Waals surface area contributed by atoms with Crippen LogP contribution in [0.4, 0.5) is 0 Å². The smallest absolute Gasteiger partial charge is 0.326 e. The summed E-state index contributed by atoms with van der Waals surface area (Å²) in [7, 11) is 0. The molecule has 1 aromatic carbocycles. The van der Waals surface area contributed by atoms with Crippen molar-refractivity contribution in [2.75, 3.05) is 0 Å². The molecule has 3 atom stereocenters. The number of nitrogens with zero attached hydrogens (tertiary/aromatic N) is 1. The SMILES string of the molecule is N[C@@H](CCC(=O)O)C(=O)N[C@@H](Cc1ccc(O)cc1)C(=O)N[C@@H](Cc1cnc[nH]1)C(=O)O. The number of amides is 2. The highest BCUT2D eigenvalue weighted by Gasteiger charge is 2.28. The summed E-state index contributed by atoms with van der Waals surface area (Å²) < 4.78 is 0. The third kappa shape index (κ3) is 7.72. The molecular formula is C20H25N5O7. The van der Waals surface area contributed by atoms with Crippen LogP contribution in [-0.2, 0) is 32.0 Å². The summed E-state index contributed by atoms with van der Waals surface area (Å²) in [6.07, 6.45) is 2.28. The van der Waals surface area contributed by atoms with Crippen molar-refractivity contribution < 1.29 is 34.5 Å². The van der Waals surface area contributed by atoms with Crippen molar-refractivity contribution in [2.24, 2.45) is 5.73 Å². The van der Waals surface area contributed by atoms with Crippen LogP contribution in [0.15, 0.2) is 36.8 Å². The van der Waals surface area contributed by atoms with E-state index in [0.717, 1.165) is 0 Å². The van der Waals surface area contributed by atoms with Gasteiger partial charge in [0.2, 0.25) is 11.8 Å². The monoisotopic (exact) mass is 447 g/mol. The lowest BCUT2D eigenvalue weighted by molar-refractivity contribution is -0.142. The Hall–Kier alpha value is -3.93. The van der Waals surface area contributed by atoms with E-state index in [4.69, 9.17) is 10.8 Å². The Balaban J connectivity index is 2.14. The lowest BCUT2D eigenvalue weighted by Gasteiger charge is -2.23. The summed E-state index contributed by atoms with van der Waals surface area (Å²) in [5.74, 6) is -3.88. The Kier molecular flexibility index (Phi) is 8.72. The number of hydrogen-bond donors (Lipinski definition) is 7. The number of aromatic nitrogens is 2. The number of hydrogen-bond acceptors (Lipinski definition) is 7. The maximum atomic E-state index is 12.9. The standard InChI is InChI=1S/C20H25N5O7/c21-14(5-6-17(27)28)18(29)24-15(7-11-1-3-13(26)4-2-11)19(30)25-16(20(31)32)8-12-9-22-10-23-12/h1-4,9-10,14-16,26H,5-8,21H2,(H,22,23)(H,24,29)(H,25,30)(H,27,28)(H,31,32)/t14-,15-,16-/m0/s1. The molecule has 1 aromatic heterocycles. The van der Waals surface area contributed by atoms with Crippen molar-refractivity contribution in [3.05, 3.63) is 48.0 Å². The van der Waals surface area contributed by atoms with Gasteiger partial charge in [-0.3, -0.25) is 14.4 Å². The van der Waals surface area contributed by atoms with Crippen molar-refractivity contribution in [3.8, 4) is 5.75 Å². The molecule has 0 aliphatic rings. The minimum Gasteiger partial charge on any atom is -0.508 e. The molecular weight excluding hydrogens is 422 g/mol. The molecule has 0 saturated heterocycles. The zero-order valence-corrected chi connectivity index (χ0v) is 17.0. The highest BCUT2D eigenvalue weighted by atomic mass is 16.4. The molecule has 2 aromatic rings. The van der Waals surface area contributed by atoms with Crippen molar-refractivity contribution >= 4 is 23.8 Å². The molecule has 0 radical (unpaired) electrons. The van der Waals surface area contributed by atoms with Crippen LogP contribution >= 0.6 is 0 Å². The second-order valence-corrected chi connectivity index (χ2v) is 7.15. The molecule has 172 valence electrons. The molecule has 32 heavy (non-hydrogen) atoms. The zero-order chi connectivity index (χ0) is 23.7. The van der Waals surface area contributed by atoms with Gasteiger partial charge in [-0.1, -0.05) is 12.1 Å². The third-order valence-corrected chi connectivity index (χ3v) is 4.61. The van der Waals surface area contributed by atoms with E-state index in [-0.39, 0.29) is 31.4 Å². The van der Waals surface area contributed by atoms with E-state index in [0.29, 0.717) is 11.3 Å². The van der Waals surface area contributed by atoms with Crippen molar-refractivity contribution in [1.82, 2.24) is 20.6 Å². The normalized spacial score (nSPS) is 13.5. The van der Waals surface area contributed by atoms with Crippen LogP contribution in [0.25, 0.3) is 0 Å². The third-order valence-electron chi connectivity index (χ3n) is 4.61. The predicted molar refractivity (Wildman–Crippen MR) is 110 cm³/mol. The topological polar surface area (TPSA) is 208 Å². The largest absolute Gasteiger partial charge is 0.508 e. The van der Waals surface area contributed by atoms with E-state index in [1.165, 1.54) is 24.7 Å². The van der Waals surface area contributed by atoms with Crippen LogP contribution in [0.5, 0.6) is 5.75 Å². The van der Waals surface area contributed by atoms with Crippen molar-refractivity contribution in [1.29, 1.82) is 0 Å². The molecule has 0 aliphatic carbocycles. The molecule has 2 amide bonds. The van der Waals surface area contributed by atoms with Gasteiger partial charge in [-0.15, -0.1) is 0 Å². The highest BCUT2D eigenvalue weighted by Crippen LogP contribution is 2.12. The summed E-state index contributed by atoms with van der Waals surface area (Å²) in [6, 6.07) is 2.26. The fourth-order valence-electron chi connectivity index (χ4n) is 2.85. The summed E-state index contributed by atoms with van der Waals surface area (Å²) >= 11 is 0. The van der Waals surface area contributed by atoms with Gasteiger partial charge >= 0.3 is 11.9 Å². The van der Waals surface area contributed by atoms with Crippen LogP contribution in [0.2, 0.25) is 0 Å². The number of rotatable bonds is 12. The van der Waals surface area contributed by atoms with Gasteiger partial charge in [0.1, 0.15) is 17.8 Å². The molecule has 0 bridgehead atoms. The minimum atomic E-state index is -1.29. The predicted octanol–water partition coefficient (Wildman–Crippen LogP) is -0.853. The second-order valence-electron chi connectivity index (χ2n) is 7.15. The zero-order valence-electron chi connectivity index (χ0n) is 17.0. The van der Waals surface area contributed by atoms with E-state index in [9.17, 15) is 29.4 Å². The molecule has 2 rings (SSSR count). The van der Waals surface area contributed by atoms with Crippen molar-refractivity contribution in [2.45, 2.75) is 43.8 Å². The number of nitrogens with two attached hydrogens (primary N) is 1. The maximum Gasteiger partial charge on any atom is 0.326 e. The highest BCUT2D eigenvalue weighted by molar-refractivity contribution is 5.92. The Morgan fingerprint density at radius 3 is 2.22 bits per heavy atom. The first kappa shape index (κ1) is 24.3. The van der Waals surface area contributed by atoms with Gasteiger partial charge in [0.05, 0.1) is 12.4 Å². The minimum absolute atomic E-state index is 0.0139. The molecule has 0 saturated carbocycles. The number of H-pyrrole nitrogens is 1. The quantitative estimate of drug-likeness (QED) is 0.216. The summed E-state index contributed by atoms with van der Waals surface area (Å²) in [6.45, 7) is 0. The first-order valence-corrected chi connectivity index (χ1v) is 9.71. The van der Waals surface area contributed by atoms with Gasteiger partial charge in [-0.25, -0.2) is 9.78 Å². The first-order chi connectivity index (χ1) is 15.2. The van der Waals surface area contributed by atoms with E-state index < -0.39 is 41.9 Å². The number of imidazole rings is 1. The molecule has 0 aliphatic heterocycles. The van der Waals surface area contributed by atoms with Crippen LogP contribution in [0, 0.1) is 0 Å². The number of carbonyl (C=O) groups excluding carboxylic acids is 2. The number of aromatic amines is 1. The summed E-state index contributed by atoms with van der Waals surface area (Å²) in [5.41, 5.74) is 6.80. The Morgan fingerprint density at radius 1 is 1.00 bits per heavy atom. The molecule has 12 heteroatoms. The Bertz CT molecular complexity index is 930. The number of carboxylic acids is 2. The van der Waals surface area contributed by atoms with Gasteiger partial charge in [0.15, 0.2) is 0 Å².